The highest BCUT2D eigenvalue weighted by Gasteiger charge is 2.24. The van der Waals surface area contributed by atoms with E-state index in [1.807, 2.05) is 0 Å². The highest BCUT2D eigenvalue weighted by Crippen LogP contribution is 2.45. The van der Waals surface area contributed by atoms with E-state index in [0.29, 0.717) is 17.9 Å². The van der Waals surface area contributed by atoms with Crippen molar-refractivity contribution in [2.75, 3.05) is 21.3 Å². The number of unbranched alkanes of at least 4 members (excludes halogenated alkanes) is 4. The van der Waals surface area contributed by atoms with Crippen molar-refractivity contribution in [3.8, 4) is 23.0 Å². The van der Waals surface area contributed by atoms with Gasteiger partial charge in [-0.25, -0.2) is 0 Å². The van der Waals surface area contributed by atoms with E-state index in [9.17, 15) is 9.90 Å². The van der Waals surface area contributed by atoms with Gasteiger partial charge in [0, 0.05) is 12.5 Å². The van der Waals surface area contributed by atoms with Gasteiger partial charge in [-0.2, -0.15) is 0 Å². The molecule has 0 bridgehead atoms. The third-order valence-corrected chi connectivity index (χ3v) is 3.60. The fourth-order valence-electron chi connectivity index (χ4n) is 2.43. The number of ether oxygens (including phenoxy) is 3. The number of aromatic hydroxyl groups is 1. The molecule has 0 aromatic heterocycles. The number of ketones is 1. The van der Waals surface area contributed by atoms with E-state index in [4.69, 9.17) is 14.2 Å². The minimum atomic E-state index is -0.146. The third kappa shape index (κ3) is 4.29. The molecule has 0 saturated heterocycles. The van der Waals surface area contributed by atoms with Gasteiger partial charge in [0.2, 0.25) is 5.75 Å². The SMILES string of the molecule is CCCCCCCC(=O)c1c(O)cc(OC)c(OC)c1OC. The van der Waals surface area contributed by atoms with Crippen LogP contribution in [0.5, 0.6) is 23.0 Å². The van der Waals surface area contributed by atoms with Crippen molar-refractivity contribution >= 4 is 5.78 Å². The predicted molar refractivity (Wildman–Crippen MR) is 85.5 cm³/mol. The standard InChI is InChI=1S/C17H26O5/c1-5-6-7-8-9-10-12(18)15-13(19)11-14(20-2)16(21-3)17(15)22-4/h11,19H,5-10H2,1-4H3. The molecule has 1 aromatic carbocycles. The van der Waals surface area contributed by atoms with Gasteiger partial charge < -0.3 is 19.3 Å². The number of phenols is 1. The molecule has 0 heterocycles. The van der Waals surface area contributed by atoms with Gasteiger partial charge in [-0.3, -0.25) is 4.79 Å². The highest BCUT2D eigenvalue weighted by atomic mass is 16.5. The molecule has 0 radical (unpaired) electrons. The van der Waals surface area contributed by atoms with Gasteiger partial charge in [-0.1, -0.05) is 32.6 Å². The van der Waals surface area contributed by atoms with E-state index < -0.39 is 0 Å². The van der Waals surface area contributed by atoms with Crippen LogP contribution in [0.2, 0.25) is 0 Å². The van der Waals surface area contributed by atoms with Gasteiger partial charge in [0.15, 0.2) is 17.3 Å². The Kier molecular flexibility index (Phi) is 7.57. The average molecular weight is 310 g/mol. The molecule has 0 amide bonds. The number of carbonyl (C=O) groups is 1. The first-order valence-corrected chi connectivity index (χ1v) is 7.65. The fraction of sp³-hybridized carbons (Fsp3) is 0.588. The summed E-state index contributed by atoms with van der Waals surface area (Å²) < 4.78 is 15.7. The first kappa shape index (κ1) is 18.1. The summed E-state index contributed by atoms with van der Waals surface area (Å²) >= 11 is 0. The van der Waals surface area contributed by atoms with Crippen LogP contribution in [0.3, 0.4) is 0 Å². The smallest absolute Gasteiger partial charge is 0.204 e. The molecule has 0 unspecified atom stereocenters. The van der Waals surface area contributed by atoms with Crippen molar-refractivity contribution in [2.45, 2.75) is 45.4 Å². The van der Waals surface area contributed by atoms with Crippen LogP contribution in [0.25, 0.3) is 0 Å². The summed E-state index contributed by atoms with van der Waals surface area (Å²) in [5.41, 5.74) is 0.163. The summed E-state index contributed by atoms with van der Waals surface area (Å²) in [5.74, 6) is 0.575. The van der Waals surface area contributed by atoms with Gasteiger partial charge >= 0.3 is 0 Å². The molecule has 1 N–H and O–H groups in total. The van der Waals surface area contributed by atoms with Gasteiger partial charge in [0.25, 0.3) is 0 Å². The Bertz CT molecular complexity index is 496. The molecular weight excluding hydrogens is 284 g/mol. The Hall–Kier alpha value is -1.91. The molecule has 0 aliphatic rings. The molecular formula is C17H26O5. The maximum absolute atomic E-state index is 12.4. The number of Topliss-reactive ketones (excluding diaryl/α,β-unsaturated/α-hetero) is 1. The van der Waals surface area contributed by atoms with E-state index in [1.165, 1.54) is 33.8 Å². The molecule has 5 nitrogen and oxygen atoms in total. The maximum atomic E-state index is 12.4. The molecule has 0 saturated carbocycles. The normalized spacial score (nSPS) is 10.4. The molecule has 0 fully saturated rings. The van der Waals surface area contributed by atoms with Crippen LogP contribution in [0.15, 0.2) is 6.07 Å². The first-order chi connectivity index (χ1) is 10.6. The number of benzene rings is 1. The lowest BCUT2D eigenvalue weighted by Gasteiger charge is -2.16. The summed E-state index contributed by atoms with van der Waals surface area (Å²) in [4.78, 5) is 12.4. The summed E-state index contributed by atoms with van der Waals surface area (Å²) in [6.07, 6.45) is 5.66. The second-order valence-corrected chi connectivity index (χ2v) is 5.13. The summed E-state index contributed by atoms with van der Waals surface area (Å²) in [7, 11) is 4.37. The van der Waals surface area contributed by atoms with E-state index in [1.54, 1.807) is 0 Å². The zero-order valence-corrected chi connectivity index (χ0v) is 13.9. The summed E-state index contributed by atoms with van der Waals surface area (Å²) in [6, 6.07) is 1.38. The predicted octanol–water partition coefficient (Wildman–Crippen LogP) is 3.96. The number of phenolic OH excluding ortho intramolecular Hbond substituents is 1. The van der Waals surface area contributed by atoms with Crippen molar-refractivity contribution in [1.82, 2.24) is 0 Å². The van der Waals surface area contributed by atoms with Crippen molar-refractivity contribution < 1.29 is 24.1 Å². The summed E-state index contributed by atoms with van der Waals surface area (Å²) in [5, 5.41) is 10.1. The molecule has 0 spiro atoms. The van der Waals surface area contributed by atoms with Gasteiger partial charge in [-0.05, 0) is 6.42 Å². The van der Waals surface area contributed by atoms with Crippen LogP contribution in [0.4, 0.5) is 0 Å². The van der Waals surface area contributed by atoms with Gasteiger partial charge in [-0.15, -0.1) is 0 Å². The Labute approximate surface area is 132 Å². The molecule has 0 atom stereocenters. The lowest BCUT2D eigenvalue weighted by molar-refractivity contribution is 0.0972. The quantitative estimate of drug-likeness (QED) is 0.523. The molecule has 1 aromatic rings. The Morgan fingerprint density at radius 1 is 1.00 bits per heavy atom. The minimum Gasteiger partial charge on any atom is -0.507 e. The lowest BCUT2D eigenvalue weighted by atomic mass is 10.0. The van der Waals surface area contributed by atoms with Crippen molar-refractivity contribution in [3.63, 3.8) is 0 Å². The van der Waals surface area contributed by atoms with Crippen LogP contribution in [-0.2, 0) is 0 Å². The number of methoxy groups -OCH3 is 3. The van der Waals surface area contributed by atoms with E-state index >= 15 is 0 Å². The zero-order valence-electron chi connectivity index (χ0n) is 13.9. The number of rotatable bonds is 10. The molecule has 5 heteroatoms. The van der Waals surface area contributed by atoms with Crippen molar-refractivity contribution in [1.29, 1.82) is 0 Å². The van der Waals surface area contributed by atoms with Crippen LogP contribution < -0.4 is 14.2 Å². The number of hydrogen-bond donors (Lipinski definition) is 1. The lowest BCUT2D eigenvalue weighted by Crippen LogP contribution is -2.05. The Balaban J connectivity index is 2.95. The van der Waals surface area contributed by atoms with Crippen LogP contribution in [0, 0.1) is 0 Å². The maximum Gasteiger partial charge on any atom is 0.204 e. The molecule has 1 rings (SSSR count). The number of carbonyl (C=O) groups excluding carboxylic acids is 1. The molecule has 22 heavy (non-hydrogen) atoms. The van der Waals surface area contributed by atoms with E-state index in [-0.39, 0.29) is 22.8 Å². The third-order valence-electron chi connectivity index (χ3n) is 3.60. The molecule has 0 aliphatic carbocycles. The van der Waals surface area contributed by atoms with Gasteiger partial charge in [0.05, 0.1) is 21.3 Å². The van der Waals surface area contributed by atoms with Gasteiger partial charge in [0.1, 0.15) is 11.3 Å². The molecule has 0 aliphatic heterocycles. The van der Waals surface area contributed by atoms with Crippen molar-refractivity contribution in [2.24, 2.45) is 0 Å². The van der Waals surface area contributed by atoms with Crippen LogP contribution in [0.1, 0.15) is 55.8 Å². The Morgan fingerprint density at radius 3 is 2.18 bits per heavy atom. The highest BCUT2D eigenvalue weighted by molar-refractivity contribution is 6.02. The second kappa shape index (κ2) is 9.18. The fourth-order valence-corrected chi connectivity index (χ4v) is 2.43. The zero-order chi connectivity index (χ0) is 16.5. The number of hydrogen-bond acceptors (Lipinski definition) is 5. The minimum absolute atomic E-state index is 0.145. The Morgan fingerprint density at radius 2 is 1.64 bits per heavy atom. The second-order valence-electron chi connectivity index (χ2n) is 5.13. The first-order valence-electron chi connectivity index (χ1n) is 7.65. The molecule has 124 valence electrons. The van der Waals surface area contributed by atoms with E-state index in [0.717, 1.165) is 25.7 Å². The van der Waals surface area contributed by atoms with Crippen LogP contribution >= 0.6 is 0 Å². The van der Waals surface area contributed by atoms with Crippen molar-refractivity contribution in [3.05, 3.63) is 11.6 Å². The topological polar surface area (TPSA) is 65.0 Å². The largest absolute Gasteiger partial charge is 0.507 e. The monoisotopic (exact) mass is 310 g/mol. The van der Waals surface area contributed by atoms with Crippen LogP contribution in [-0.4, -0.2) is 32.2 Å². The summed E-state index contributed by atoms with van der Waals surface area (Å²) in [6.45, 7) is 2.15. The van der Waals surface area contributed by atoms with E-state index in [2.05, 4.69) is 6.92 Å². The average Bonchev–Trinajstić information content (AvgIpc) is 2.52.